The maximum absolute atomic E-state index is 12.8. The number of ether oxygens (including phenoxy) is 1. The Labute approximate surface area is 172 Å². The molecule has 0 unspecified atom stereocenters. The van der Waals surface area contributed by atoms with Gasteiger partial charge in [-0.2, -0.15) is 4.31 Å². The number of hydrogen-bond acceptors (Lipinski definition) is 6. The van der Waals surface area contributed by atoms with Gasteiger partial charge >= 0.3 is 0 Å². The minimum Gasteiger partial charge on any atom is -0.495 e. The summed E-state index contributed by atoms with van der Waals surface area (Å²) in [5.74, 6) is -0.553. The average molecular weight is 427 g/mol. The van der Waals surface area contributed by atoms with Gasteiger partial charge in [-0.05, 0) is 31.0 Å². The van der Waals surface area contributed by atoms with Gasteiger partial charge in [0.25, 0.3) is 0 Å². The topological polar surface area (TPSA) is 131 Å². The Balaban J connectivity index is 2.18. The fourth-order valence-electron chi connectivity index (χ4n) is 3.59. The molecule has 1 aliphatic carbocycles. The van der Waals surface area contributed by atoms with E-state index in [4.69, 9.17) is 10.5 Å². The molecule has 10 heteroatoms. The van der Waals surface area contributed by atoms with E-state index in [1.807, 2.05) is 0 Å². The third-order valence-corrected chi connectivity index (χ3v) is 7.35. The van der Waals surface area contributed by atoms with Crippen molar-refractivity contribution in [3.05, 3.63) is 18.2 Å². The van der Waals surface area contributed by atoms with Crippen molar-refractivity contribution in [1.29, 1.82) is 0 Å². The number of hydrogen-bond donors (Lipinski definition) is 3. The van der Waals surface area contributed by atoms with Crippen molar-refractivity contribution in [2.75, 3.05) is 32.1 Å². The molecule has 0 aromatic heterocycles. The number of nitrogens with two attached hydrogens (primary N) is 1. The SMILES string of the molecule is CCN(CC)S(=O)(=O)c1ccc(OC)c(NC(=O)CNC2(C(N)=O)CCCC2)c1. The highest BCUT2D eigenvalue weighted by molar-refractivity contribution is 7.89. The first-order chi connectivity index (χ1) is 13.7. The molecule has 1 aromatic rings. The smallest absolute Gasteiger partial charge is 0.243 e. The van der Waals surface area contributed by atoms with Gasteiger partial charge in [0.2, 0.25) is 21.8 Å². The van der Waals surface area contributed by atoms with Crippen molar-refractivity contribution in [3.63, 3.8) is 0 Å². The average Bonchev–Trinajstić information content (AvgIpc) is 3.17. The summed E-state index contributed by atoms with van der Waals surface area (Å²) in [5, 5.41) is 5.65. The van der Waals surface area contributed by atoms with E-state index >= 15 is 0 Å². The van der Waals surface area contributed by atoms with Gasteiger partial charge in [-0.3, -0.25) is 14.9 Å². The molecule has 2 rings (SSSR count). The van der Waals surface area contributed by atoms with E-state index in [9.17, 15) is 18.0 Å². The maximum atomic E-state index is 12.8. The van der Waals surface area contributed by atoms with E-state index in [1.54, 1.807) is 13.8 Å². The van der Waals surface area contributed by atoms with Crippen molar-refractivity contribution in [1.82, 2.24) is 9.62 Å². The van der Waals surface area contributed by atoms with Gasteiger partial charge in [0.1, 0.15) is 5.75 Å². The van der Waals surface area contributed by atoms with Gasteiger partial charge in [0.15, 0.2) is 0 Å². The fourth-order valence-corrected chi connectivity index (χ4v) is 5.08. The van der Waals surface area contributed by atoms with Crippen molar-refractivity contribution >= 4 is 27.5 Å². The second-order valence-corrected chi connectivity index (χ2v) is 8.94. The molecule has 29 heavy (non-hydrogen) atoms. The molecular weight excluding hydrogens is 396 g/mol. The van der Waals surface area contributed by atoms with Crippen LogP contribution in [0.4, 0.5) is 5.69 Å². The summed E-state index contributed by atoms with van der Waals surface area (Å²) in [6.45, 7) is 4.07. The largest absolute Gasteiger partial charge is 0.495 e. The quantitative estimate of drug-likeness (QED) is 0.513. The highest BCUT2D eigenvalue weighted by Crippen LogP contribution is 2.30. The van der Waals surface area contributed by atoms with Crippen LogP contribution in [-0.2, 0) is 19.6 Å². The summed E-state index contributed by atoms with van der Waals surface area (Å²) in [6, 6.07) is 4.33. The lowest BCUT2D eigenvalue weighted by molar-refractivity contribution is -0.124. The Hall–Kier alpha value is -2.17. The van der Waals surface area contributed by atoms with E-state index in [2.05, 4.69) is 10.6 Å². The van der Waals surface area contributed by atoms with Crippen LogP contribution in [0.5, 0.6) is 5.75 Å². The zero-order valence-electron chi connectivity index (χ0n) is 17.2. The van der Waals surface area contributed by atoms with E-state index in [0.717, 1.165) is 12.8 Å². The van der Waals surface area contributed by atoms with Crippen LogP contribution in [0, 0.1) is 0 Å². The van der Waals surface area contributed by atoms with Crippen LogP contribution in [0.1, 0.15) is 39.5 Å². The Morgan fingerprint density at radius 3 is 2.34 bits per heavy atom. The zero-order valence-corrected chi connectivity index (χ0v) is 18.0. The monoisotopic (exact) mass is 426 g/mol. The number of benzene rings is 1. The van der Waals surface area contributed by atoms with Crippen LogP contribution >= 0.6 is 0 Å². The Morgan fingerprint density at radius 1 is 1.21 bits per heavy atom. The number of carbonyl (C=O) groups excluding carboxylic acids is 2. The lowest BCUT2D eigenvalue weighted by atomic mass is 9.97. The molecule has 0 spiro atoms. The van der Waals surface area contributed by atoms with E-state index in [-0.39, 0.29) is 17.1 Å². The second-order valence-electron chi connectivity index (χ2n) is 7.01. The highest BCUT2D eigenvalue weighted by atomic mass is 32.2. The van der Waals surface area contributed by atoms with Gasteiger partial charge in [-0.15, -0.1) is 0 Å². The normalized spacial score (nSPS) is 16.0. The predicted molar refractivity (Wildman–Crippen MR) is 110 cm³/mol. The van der Waals surface area contributed by atoms with Gasteiger partial charge in [-0.1, -0.05) is 26.7 Å². The minimum atomic E-state index is -3.68. The molecule has 0 radical (unpaired) electrons. The van der Waals surface area contributed by atoms with Crippen molar-refractivity contribution in [3.8, 4) is 5.75 Å². The molecule has 162 valence electrons. The molecule has 4 N–H and O–H groups in total. The van der Waals surface area contributed by atoms with Crippen LogP contribution in [0.15, 0.2) is 23.1 Å². The highest BCUT2D eigenvalue weighted by Gasteiger charge is 2.39. The summed E-state index contributed by atoms with van der Waals surface area (Å²) in [7, 11) is -2.25. The summed E-state index contributed by atoms with van der Waals surface area (Å²) in [5.41, 5.74) is 4.89. The standard InChI is InChI=1S/C19H30N4O5S/c1-4-23(5-2)29(26,27)14-8-9-16(28-3)15(12-14)22-17(24)13-21-19(18(20)25)10-6-7-11-19/h8-9,12,21H,4-7,10-11,13H2,1-3H3,(H2,20,25)(H,22,24). The molecule has 9 nitrogen and oxygen atoms in total. The molecule has 2 amide bonds. The first-order valence-corrected chi connectivity index (χ1v) is 11.2. The third kappa shape index (κ3) is 5.06. The first kappa shape index (κ1) is 23.1. The summed E-state index contributed by atoms with van der Waals surface area (Å²) < 4.78 is 32.1. The Bertz CT molecular complexity index is 846. The Morgan fingerprint density at radius 2 is 1.83 bits per heavy atom. The second kappa shape index (κ2) is 9.55. The Kier molecular flexibility index (Phi) is 7.61. The summed E-state index contributed by atoms with van der Waals surface area (Å²) >= 11 is 0. The van der Waals surface area contributed by atoms with Gasteiger partial charge in [0.05, 0.1) is 29.8 Å². The van der Waals surface area contributed by atoms with Crippen molar-refractivity contribution in [2.45, 2.75) is 50.0 Å². The van der Waals surface area contributed by atoms with Crippen molar-refractivity contribution < 1.29 is 22.7 Å². The predicted octanol–water partition coefficient (Wildman–Crippen LogP) is 1.05. The number of methoxy groups -OCH3 is 1. The maximum Gasteiger partial charge on any atom is 0.243 e. The summed E-state index contributed by atoms with van der Waals surface area (Å²) in [6.07, 6.45) is 2.93. The molecule has 0 aliphatic heterocycles. The molecule has 1 saturated carbocycles. The first-order valence-electron chi connectivity index (χ1n) is 9.73. The van der Waals surface area contributed by atoms with Crippen LogP contribution in [0.25, 0.3) is 0 Å². The van der Waals surface area contributed by atoms with Crippen LogP contribution in [-0.4, -0.2) is 56.8 Å². The van der Waals surface area contributed by atoms with Crippen LogP contribution in [0.3, 0.4) is 0 Å². The summed E-state index contributed by atoms with van der Waals surface area (Å²) in [4.78, 5) is 24.3. The lowest BCUT2D eigenvalue weighted by Gasteiger charge is -2.26. The molecule has 1 aliphatic rings. The number of nitrogens with one attached hydrogen (secondary N) is 2. The number of carbonyl (C=O) groups is 2. The lowest BCUT2D eigenvalue weighted by Crippen LogP contribution is -2.55. The number of sulfonamides is 1. The molecule has 1 aromatic carbocycles. The minimum absolute atomic E-state index is 0.0645. The van der Waals surface area contributed by atoms with Gasteiger partial charge < -0.3 is 15.8 Å². The van der Waals surface area contributed by atoms with Crippen molar-refractivity contribution in [2.24, 2.45) is 5.73 Å². The van der Waals surface area contributed by atoms with E-state index < -0.39 is 27.4 Å². The van der Waals surface area contributed by atoms with Crippen LogP contribution < -0.4 is 21.1 Å². The van der Waals surface area contributed by atoms with Crippen LogP contribution in [0.2, 0.25) is 0 Å². The van der Waals surface area contributed by atoms with E-state index in [1.165, 1.54) is 29.6 Å². The number of primary amides is 1. The molecule has 0 saturated heterocycles. The molecule has 0 atom stereocenters. The van der Waals surface area contributed by atoms with Gasteiger partial charge in [-0.25, -0.2) is 8.42 Å². The number of amides is 2. The zero-order chi connectivity index (χ0) is 21.7. The fraction of sp³-hybridized carbons (Fsp3) is 0.579. The molecular formula is C19H30N4O5S. The molecule has 1 fully saturated rings. The van der Waals surface area contributed by atoms with Gasteiger partial charge in [0, 0.05) is 13.1 Å². The molecule has 0 bridgehead atoms. The third-order valence-electron chi connectivity index (χ3n) is 5.30. The number of nitrogens with zero attached hydrogens (tertiary/aromatic N) is 1. The molecule has 0 heterocycles. The number of rotatable bonds is 10. The number of anilines is 1. The van der Waals surface area contributed by atoms with E-state index in [0.29, 0.717) is 31.7 Å².